The zero-order valence-electron chi connectivity index (χ0n) is 13.4. The highest BCUT2D eigenvalue weighted by molar-refractivity contribution is 7.16. The van der Waals surface area contributed by atoms with E-state index in [4.69, 9.17) is 21.1 Å². The Bertz CT molecular complexity index is 589. The predicted molar refractivity (Wildman–Crippen MR) is 87.8 cm³/mol. The number of nitrogens with zero attached hydrogens (tertiary/aromatic N) is 1. The molecule has 1 amide bonds. The summed E-state index contributed by atoms with van der Waals surface area (Å²) >= 11 is 7.78. The number of hydrogen-bond acceptors (Lipinski definition) is 4. The normalized spacial score (nSPS) is 22.3. The minimum absolute atomic E-state index is 0.115. The molecule has 3 rings (SSSR count). The van der Waals surface area contributed by atoms with Gasteiger partial charge >= 0.3 is 6.09 Å². The highest BCUT2D eigenvalue weighted by Crippen LogP contribution is 2.56. The maximum absolute atomic E-state index is 12.1. The van der Waals surface area contributed by atoms with Crippen molar-refractivity contribution in [1.82, 2.24) is 4.90 Å². The van der Waals surface area contributed by atoms with Gasteiger partial charge in [0.2, 0.25) is 0 Å². The molecule has 2 aliphatic rings. The minimum Gasteiger partial charge on any atom is -0.444 e. The van der Waals surface area contributed by atoms with Gasteiger partial charge in [-0.05, 0) is 45.2 Å². The molecule has 1 saturated carbocycles. The number of carbonyl (C=O) groups excluding carboxylic acids is 1. The van der Waals surface area contributed by atoms with E-state index < -0.39 is 5.60 Å². The zero-order chi connectivity index (χ0) is 16.1. The SMILES string of the molecule is CN(CC1OCC2(CC2)c2cc(Cl)sc21)C(=O)OC(C)(C)C. The molecule has 6 heteroatoms. The van der Waals surface area contributed by atoms with Gasteiger partial charge < -0.3 is 14.4 Å². The van der Waals surface area contributed by atoms with Crippen molar-refractivity contribution in [2.75, 3.05) is 20.2 Å². The van der Waals surface area contributed by atoms with E-state index in [1.165, 1.54) is 23.3 Å². The average Bonchev–Trinajstić information content (AvgIpc) is 3.05. The fraction of sp³-hybridized carbons (Fsp3) is 0.688. The molecule has 1 fully saturated rings. The lowest BCUT2D eigenvalue weighted by molar-refractivity contribution is -0.00925. The third kappa shape index (κ3) is 3.12. The van der Waals surface area contributed by atoms with E-state index in [0.29, 0.717) is 6.54 Å². The number of carbonyl (C=O) groups is 1. The Morgan fingerprint density at radius 3 is 2.82 bits per heavy atom. The summed E-state index contributed by atoms with van der Waals surface area (Å²) < 4.78 is 12.2. The second-order valence-corrected chi connectivity index (χ2v) is 8.98. The standard InChI is InChI=1S/C16H22ClNO3S/c1-15(2,3)21-14(19)18(4)8-11-13-10(7-12(17)22-13)16(5-6-16)9-20-11/h7,11H,5-6,8-9H2,1-4H3. The van der Waals surface area contributed by atoms with Crippen LogP contribution in [-0.4, -0.2) is 36.8 Å². The summed E-state index contributed by atoms with van der Waals surface area (Å²) in [7, 11) is 1.74. The third-order valence-electron chi connectivity index (χ3n) is 4.15. The Morgan fingerprint density at radius 1 is 1.55 bits per heavy atom. The molecule has 1 atom stereocenters. The number of halogens is 1. The number of thiophene rings is 1. The summed E-state index contributed by atoms with van der Waals surface area (Å²) in [5, 5.41) is 0. The van der Waals surface area contributed by atoms with Crippen LogP contribution in [-0.2, 0) is 14.9 Å². The Labute approximate surface area is 140 Å². The van der Waals surface area contributed by atoms with Crippen LogP contribution in [0.3, 0.4) is 0 Å². The molecule has 0 bridgehead atoms. The molecule has 4 nitrogen and oxygen atoms in total. The number of ether oxygens (including phenoxy) is 2. The second kappa shape index (κ2) is 5.39. The Morgan fingerprint density at radius 2 is 2.23 bits per heavy atom. The van der Waals surface area contributed by atoms with E-state index in [1.54, 1.807) is 23.3 Å². The Balaban J connectivity index is 1.72. The molecule has 2 heterocycles. The van der Waals surface area contributed by atoms with E-state index in [2.05, 4.69) is 6.07 Å². The first-order valence-electron chi connectivity index (χ1n) is 7.56. The van der Waals surface area contributed by atoms with Gasteiger partial charge in [-0.2, -0.15) is 0 Å². The molecular weight excluding hydrogens is 322 g/mol. The lowest BCUT2D eigenvalue weighted by Crippen LogP contribution is -2.38. The second-order valence-electron chi connectivity index (χ2n) is 7.27. The van der Waals surface area contributed by atoms with Crippen molar-refractivity contribution in [3.05, 3.63) is 20.8 Å². The van der Waals surface area contributed by atoms with Crippen LogP contribution in [0.4, 0.5) is 4.79 Å². The fourth-order valence-corrected chi connectivity index (χ4v) is 4.21. The molecule has 122 valence electrons. The molecule has 0 N–H and O–H groups in total. The highest BCUT2D eigenvalue weighted by atomic mass is 35.5. The van der Waals surface area contributed by atoms with Gasteiger partial charge in [0.05, 0.1) is 17.5 Å². The zero-order valence-corrected chi connectivity index (χ0v) is 15.0. The number of rotatable bonds is 2. The van der Waals surface area contributed by atoms with Crippen molar-refractivity contribution in [1.29, 1.82) is 0 Å². The molecule has 1 spiro atoms. The molecule has 0 aromatic carbocycles. The van der Waals surface area contributed by atoms with E-state index >= 15 is 0 Å². The Kier molecular flexibility index (Phi) is 3.94. The summed E-state index contributed by atoms with van der Waals surface area (Å²) in [6.45, 7) is 6.80. The number of amides is 1. The molecule has 1 aromatic rings. The van der Waals surface area contributed by atoms with Crippen molar-refractivity contribution in [3.8, 4) is 0 Å². The van der Waals surface area contributed by atoms with Crippen LogP contribution in [0.2, 0.25) is 4.34 Å². The molecule has 22 heavy (non-hydrogen) atoms. The third-order valence-corrected chi connectivity index (χ3v) is 5.51. The quantitative estimate of drug-likeness (QED) is 0.800. The van der Waals surface area contributed by atoms with E-state index in [-0.39, 0.29) is 17.6 Å². The summed E-state index contributed by atoms with van der Waals surface area (Å²) in [6, 6.07) is 2.08. The predicted octanol–water partition coefficient (Wildman–Crippen LogP) is 4.37. The molecule has 1 aromatic heterocycles. The fourth-order valence-electron chi connectivity index (χ4n) is 2.80. The summed E-state index contributed by atoms with van der Waals surface area (Å²) in [5.41, 5.74) is 1.03. The highest BCUT2D eigenvalue weighted by Gasteiger charge is 2.51. The van der Waals surface area contributed by atoms with Crippen molar-refractivity contribution in [3.63, 3.8) is 0 Å². The monoisotopic (exact) mass is 343 g/mol. The molecule has 1 aliphatic carbocycles. The van der Waals surface area contributed by atoms with Gasteiger partial charge in [-0.15, -0.1) is 11.3 Å². The van der Waals surface area contributed by atoms with E-state index in [0.717, 1.165) is 10.9 Å². The smallest absolute Gasteiger partial charge is 0.410 e. The van der Waals surface area contributed by atoms with Crippen LogP contribution in [0.15, 0.2) is 6.07 Å². The maximum Gasteiger partial charge on any atom is 0.410 e. The van der Waals surface area contributed by atoms with E-state index in [9.17, 15) is 4.79 Å². The van der Waals surface area contributed by atoms with Gasteiger partial charge in [-0.3, -0.25) is 0 Å². The molecule has 0 saturated heterocycles. The largest absolute Gasteiger partial charge is 0.444 e. The van der Waals surface area contributed by atoms with Crippen LogP contribution in [0.25, 0.3) is 0 Å². The summed E-state index contributed by atoms with van der Waals surface area (Å²) in [6.07, 6.45) is 1.90. The van der Waals surface area contributed by atoms with Gasteiger partial charge in [0.1, 0.15) is 11.7 Å². The molecule has 1 unspecified atom stereocenters. The number of likely N-dealkylation sites (N-methyl/N-ethyl adjacent to an activating group) is 1. The molecular formula is C16H22ClNO3S. The lowest BCUT2D eigenvalue weighted by Gasteiger charge is -2.32. The minimum atomic E-state index is -0.492. The first-order chi connectivity index (χ1) is 10.2. The first kappa shape index (κ1) is 16.1. The van der Waals surface area contributed by atoms with Crippen LogP contribution < -0.4 is 0 Å². The summed E-state index contributed by atoms with van der Waals surface area (Å²) in [5.74, 6) is 0. The van der Waals surface area contributed by atoms with Crippen LogP contribution in [0.5, 0.6) is 0 Å². The first-order valence-corrected chi connectivity index (χ1v) is 8.75. The van der Waals surface area contributed by atoms with Crippen LogP contribution in [0, 0.1) is 0 Å². The number of hydrogen-bond donors (Lipinski definition) is 0. The van der Waals surface area contributed by atoms with Gasteiger partial charge in [0.25, 0.3) is 0 Å². The van der Waals surface area contributed by atoms with Gasteiger partial charge in [-0.25, -0.2) is 4.79 Å². The van der Waals surface area contributed by atoms with Crippen molar-refractivity contribution in [2.45, 2.75) is 50.7 Å². The Hall–Kier alpha value is -0.780. The average molecular weight is 344 g/mol. The van der Waals surface area contributed by atoms with Gasteiger partial charge in [0.15, 0.2) is 0 Å². The van der Waals surface area contributed by atoms with Gasteiger partial charge in [0, 0.05) is 17.3 Å². The molecule has 1 aliphatic heterocycles. The van der Waals surface area contributed by atoms with Crippen LogP contribution in [0.1, 0.15) is 50.2 Å². The van der Waals surface area contributed by atoms with Crippen molar-refractivity contribution in [2.24, 2.45) is 0 Å². The topological polar surface area (TPSA) is 38.8 Å². The molecule has 0 radical (unpaired) electrons. The van der Waals surface area contributed by atoms with E-state index in [1.807, 2.05) is 20.8 Å². The van der Waals surface area contributed by atoms with Crippen LogP contribution >= 0.6 is 22.9 Å². The van der Waals surface area contributed by atoms with Crippen molar-refractivity contribution < 1.29 is 14.3 Å². The summed E-state index contributed by atoms with van der Waals surface area (Å²) in [4.78, 5) is 14.9. The lowest BCUT2D eigenvalue weighted by atomic mass is 9.93. The van der Waals surface area contributed by atoms with Crippen molar-refractivity contribution >= 4 is 29.0 Å². The number of fused-ring (bicyclic) bond motifs is 2. The van der Waals surface area contributed by atoms with Gasteiger partial charge in [-0.1, -0.05) is 11.6 Å². The maximum atomic E-state index is 12.1.